The zero-order valence-corrected chi connectivity index (χ0v) is 19.0. The van der Waals surface area contributed by atoms with Crippen molar-refractivity contribution in [1.29, 1.82) is 0 Å². The SMILES string of the molecule is c1ccc(-c2cc(-n3c4ccccc4c4ccc5cnccc5c43)cc(-c3ccccc3)n2)cc1. The van der Waals surface area contributed by atoms with Gasteiger partial charge in [0.25, 0.3) is 0 Å². The van der Waals surface area contributed by atoms with Crippen molar-refractivity contribution < 1.29 is 0 Å². The van der Waals surface area contributed by atoms with E-state index < -0.39 is 0 Å². The van der Waals surface area contributed by atoms with E-state index in [-0.39, 0.29) is 0 Å². The van der Waals surface area contributed by atoms with Gasteiger partial charge in [0.15, 0.2) is 0 Å². The van der Waals surface area contributed by atoms with Gasteiger partial charge in [0, 0.05) is 45.1 Å². The van der Waals surface area contributed by atoms with E-state index in [1.54, 1.807) is 0 Å². The van der Waals surface area contributed by atoms with E-state index in [0.717, 1.165) is 33.6 Å². The number of hydrogen-bond donors (Lipinski definition) is 0. The third kappa shape index (κ3) is 3.21. The van der Waals surface area contributed by atoms with Gasteiger partial charge in [0.1, 0.15) is 0 Å². The second-order valence-corrected chi connectivity index (χ2v) is 8.74. The molecule has 0 saturated carbocycles. The largest absolute Gasteiger partial charge is 0.308 e. The molecule has 7 rings (SSSR count). The van der Waals surface area contributed by atoms with Crippen LogP contribution in [0.3, 0.4) is 0 Å². The molecule has 164 valence electrons. The molecule has 7 aromatic rings. The molecule has 0 aliphatic carbocycles. The molecule has 0 unspecified atom stereocenters. The summed E-state index contributed by atoms with van der Waals surface area (Å²) in [6, 6.07) is 40.3. The number of hydrogen-bond acceptors (Lipinski definition) is 2. The Labute approximate surface area is 203 Å². The summed E-state index contributed by atoms with van der Waals surface area (Å²) in [6.45, 7) is 0. The third-order valence-corrected chi connectivity index (χ3v) is 6.66. The van der Waals surface area contributed by atoms with Crippen LogP contribution in [0.4, 0.5) is 0 Å². The van der Waals surface area contributed by atoms with Gasteiger partial charge in [-0.25, -0.2) is 4.98 Å². The Kier molecular flexibility index (Phi) is 4.46. The lowest BCUT2D eigenvalue weighted by Gasteiger charge is -2.14. The molecule has 0 fully saturated rings. The zero-order valence-electron chi connectivity index (χ0n) is 19.0. The maximum Gasteiger partial charge on any atom is 0.0730 e. The predicted molar refractivity (Wildman–Crippen MR) is 145 cm³/mol. The molecule has 4 aromatic carbocycles. The molecule has 0 N–H and O–H groups in total. The average Bonchev–Trinajstić information content (AvgIpc) is 3.29. The van der Waals surface area contributed by atoms with Gasteiger partial charge in [0.2, 0.25) is 0 Å². The van der Waals surface area contributed by atoms with Gasteiger partial charge in [-0.1, -0.05) is 91.0 Å². The van der Waals surface area contributed by atoms with Gasteiger partial charge in [-0.05, 0) is 24.3 Å². The molecule has 3 nitrogen and oxygen atoms in total. The Morgan fingerprint density at radius 1 is 0.543 bits per heavy atom. The van der Waals surface area contributed by atoms with E-state index in [2.05, 4.69) is 113 Å². The van der Waals surface area contributed by atoms with E-state index in [4.69, 9.17) is 4.98 Å². The highest BCUT2D eigenvalue weighted by atomic mass is 15.0. The molecule has 0 amide bonds. The number of fused-ring (bicyclic) bond motifs is 5. The van der Waals surface area contributed by atoms with Crippen LogP contribution in [0.2, 0.25) is 0 Å². The number of rotatable bonds is 3. The van der Waals surface area contributed by atoms with Crippen molar-refractivity contribution in [2.75, 3.05) is 0 Å². The molecule has 0 aliphatic rings. The normalized spacial score (nSPS) is 11.4. The summed E-state index contributed by atoms with van der Waals surface area (Å²) in [5, 5.41) is 4.79. The molecule has 0 atom stereocenters. The molecule has 35 heavy (non-hydrogen) atoms. The van der Waals surface area contributed by atoms with Crippen molar-refractivity contribution >= 4 is 32.6 Å². The van der Waals surface area contributed by atoms with Crippen molar-refractivity contribution in [1.82, 2.24) is 14.5 Å². The van der Waals surface area contributed by atoms with Crippen LogP contribution in [0.5, 0.6) is 0 Å². The lowest BCUT2D eigenvalue weighted by molar-refractivity contribution is 1.16. The molecule has 0 bridgehead atoms. The van der Waals surface area contributed by atoms with Crippen molar-refractivity contribution in [3.8, 4) is 28.2 Å². The van der Waals surface area contributed by atoms with Crippen molar-refractivity contribution in [3.63, 3.8) is 0 Å². The topological polar surface area (TPSA) is 30.7 Å². The van der Waals surface area contributed by atoms with Gasteiger partial charge < -0.3 is 4.57 Å². The maximum atomic E-state index is 5.08. The fourth-order valence-corrected chi connectivity index (χ4v) is 5.05. The molecule has 0 spiro atoms. The number of benzene rings is 4. The Morgan fingerprint density at radius 2 is 1.20 bits per heavy atom. The lowest BCUT2D eigenvalue weighted by atomic mass is 10.1. The first kappa shape index (κ1) is 19.7. The quantitative estimate of drug-likeness (QED) is 0.274. The molecule has 3 aromatic heterocycles. The van der Waals surface area contributed by atoms with E-state index >= 15 is 0 Å². The molecular weight excluding hydrogens is 426 g/mol. The molecule has 3 heteroatoms. The van der Waals surface area contributed by atoms with Gasteiger partial charge in [0.05, 0.1) is 28.1 Å². The minimum Gasteiger partial charge on any atom is -0.308 e. The first-order valence-corrected chi connectivity index (χ1v) is 11.8. The van der Waals surface area contributed by atoms with Gasteiger partial charge in [-0.2, -0.15) is 0 Å². The first-order chi connectivity index (χ1) is 17.4. The molecule has 0 saturated heterocycles. The van der Waals surface area contributed by atoms with E-state index in [9.17, 15) is 0 Å². The van der Waals surface area contributed by atoms with Gasteiger partial charge in [-0.3, -0.25) is 4.98 Å². The predicted octanol–water partition coefficient (Wildman–Crippen LogP) is 8.06. The zero-order chi connectivity index (χ0) is 23.2. The van der Waals surface area contributed by atoms with E-state index in [1.165, 1.54) is 27.2 Å². The van der Waals surface area contributed by atoms with Crippen LogP contribution in [-0.4, -0.2) is 14.5 Å². The summed E-state index contributed by atoms with van der Waals surface area (Å²) in [5.41, 5.74) is 7.56. The van der Waals surface area contributed by atoms with Crippen LogP contribution >= 0.6 is 0 Å². The number of pyridine rings is 2. The Hall–Kier alpha value is -4.76. The number of nitrogens with zero attached hydrogens (tertiary/aromatic N) is 3. The summed E-state index contributed by atoms with van der Waals surface area (Å²) in [7, 11) is 0. The van der Waals surface area contributed by atoms with Crippen LogP contribution in [0.15, 0.2) is 128 Å². The second kappa shape index (κ2) is 7.93. The highest BCUT2D eigenvalue weighted by Crippen LogP contribution is 2.37. The average molecular weight is 448 g/mol. The Balaban J connectivity index is 1.62. The molecule has 0 aliphatic heterocycles. The van der Waals surface area contributed by atoms with Crippen LogP contribution in [0, 0.1) is 0 Å². The van der Waals surface area contributed by atoms with Gasteiger partial charge >= 0.3 is 0 Å². The fraction of sp³-hybridized carbons (Fsp3) is 0. The molecule has 3 heterocycles. The fourth-order valence-electron chi connectivity index (χ4n) is 5.05. The van der Waals surface area contributed by atoms with Crippen molar-refractivity contribution in [2.24, 2.45) is 0 Å². The second-order valence-electron chi connectivity index (χ2n) is 8.74. The Morgan fingerprint density at radius 3 is 1.91 bits per heavy atom. The van der Waals surface area contributed by atoms with Crippen LogP contribution in [0.1, 0.15) is 0 Å². The van der Waals surface area contributed by atoms with Crippen LogP contribution in [-0.2, 0) is 0 Å². The smallest absolute Gasteiger partial charge is 0.0730 e. The standard InChI is InChI=1S/C32H21N3/c1-3-9-22(10-4-1)29-19-25(20-30(34-29)23-11-5-2-6-12-23)35-31-14-8-7-13-27(31)28-16-15-24-21-33-18-17-26(24)32(28)35/h1-21H. The first-order valence-electron chi connectivity index (χ1n) is 11.8. The third-order valence-electron chi connectivity index (χ3n) is 6.66. The minimum atomic E-state index is 0.954. The summed E-state index contributed by atoms with van der Waals surface area (Å²) in [5.74, 6) is 0. The van der Waals surface area contributed by atoms with Crippen LogP contribution < -0.4 is 0 Å². The van der Waals surface area contributed by atoms with Gasteiger partial charge in [-0.15, -0.1) is 0 Å². The van der Waals surface area contributed by atoms with E-state index in [0.29, 0.717) is 0 Å². The summed E-state index contributed by atoms with van der Waals surface area (Å²) < 4.78 is 2.38. The number of aromatic nitrogens is 3. The summed E-state index contributed by atoms with van der Waals surface area (Å²) in [6.07, 6.45) is 3.81. The number of para-hydroxylation sites is 1. The molecular formula is C32H21N3. The maximum absolute atomic E-state index is 5.08. The highest BCUT2D eigenvalue weighted by molar-refractivity contribution is 6.18. The van der Waals surface area contributed by atoms with E-state index in [1.807, 2.05) is 24.5 Å². The highest BCUT2D eigenvalue weighted by Gasteiger charge is 2.17. The van der Waals surface area contributed by atoms with Crippen molar-refractivity contribution in [2.45, 2.75) is 0 Å². The Bertz CT molecular complexity index is 1780. The van der Waals surface area contributed by atoms with Crippen LogP contribution in [0.25, 0.3) is 60.8 Å². The molecule has 0 radical (unpaired) electrons. The minimum absolute atomic E-state index is 0.954. The monoisotopic (exact) mass is 447 g/mol. The summed E-state index contributed by atoms with van der Waals surface area (Å²) >= 11 is 0. The van der Waals surface area contributed by atoms with Crippen molar-refractivity contribution in [3.05, 3.63) is 128 Å². The lowest BCUT2D eigenvalue weighted by Crippen LogP contribution is -1.98. The summed E-state index contributed by atoms with van der Waals surface area (Å²) in [4.78, 5) is 9.45.